The van der Waals surface area contributed by atoms with Gasteiger partial charge in [-0.3, -0.25) is 10.1 Å². The van der Waals surface area contributed by atoms with Gasteiger partial charge in [-0.25, -0.2) is 15.0 Å². The predicted octanol–water partition coefficient (Wildman–Crippen LogP) is 4.50. The molecule has 0 spiro atoms. The lowest BCUT2D eigenvalue weighted by molar-refractivity contribution is -0.384. The van der Waals surface area contributed by atoms with Gasteiger partial charge in [0.25, 0.3) is 5.69 Å². The van der Waals surface area contributed by atoms with Crippen LogP contribution >= 0.6 is 15.9 Å². The van der Waals surface area contributed by atoms with Crippen LogP contribution in [0.2, 0.25) is 0 Å². The van der Waals surface area contributed by atoms with Gasteiger partial charge >= 0.3 is 0 Å². The number of halogens is 1. The highest BCUT2D eigenvalue weighted by Crippen LogP contribution is 2.35. The molecule has 2 aromatic carbocycles. The molecular weight excluding hydrogens is 410 g/mol. The zero-order valence-electron chi connectivity index (χ0n) is 14.1. The number of nitro groups is 1. The van der Waals surface area contributed by atoms with E-state index >= 15 is 0 Å². The maximum absolute atomic E-state index is 10.9. The number of aromatic nitrogens is 2. The highest BCUT2D eigenvalue weighted by Gasteiger charge is 2.31. The molecule has 7 nitrogen and oxygen atoms in total. The van der Waals surface area contributed by atoms with E-state index in [0.717, 1.165) is 21.3 Å². The van der Waals surface area contributed by atoms with Crippen LogP contribution in [0.1, 0.15) is 23.6 Å². The number of nitrogens with zero attached hydrogens (tertiary/aromatic N) is 5. The number of hydrogen-bond acceptors (Lipinski definition) is 6. The van der Waals surface area contributed by atoms with Gasteiger partial charge in [0.2, 0.25) is 5.95 Å². The van der Waals surface area contributed by atoms with E-state index in [9.17, 15) is 10.1 Å². The second-order valence-electron chi connectivity index (χ2n) is 6.03. The lowest BCUT2D eigenvalue weighted by Crippen LogP contribution is -2.20. The molecule has 1 unspecified atom stereocenters. The molecule has 134 valence electrons. The second kappa shape index (κ2) is 7.24. The summed E-state index contributed by atoms with van der Waals surface area (Å²) in [6.07, 6.45) is 4.00. The van der Waals surface area contributed by atoms with Crippen molar-refractivity contribution >= 4 is 33.3 Å². The molecule has 2 heterocycles. The molecule has 3 aromatic rings. The second-order valence-corrected chi connectivity index (χ2v) is 6.94. The van der Waals surface area contributed by atoms with Crippen LogP contribution in [0.3, 0.4) is 0 Å². The molecule has 27 heavy (non-hydrogen) atoms. The van der Waals surface area contributed by atoms with Gasteiger partial charge in [0.1, 0.15) is 0 Å². The normalized spacial score (nSPS) is 16.3. The monoisotopic (exact) mass is 423 g/mol. The van der Waals surface area contributed by atoms with Crippen molar-refractivity contribution < 1.29 is 4.92 Å². The Hall–Kier alpha value is -3.13. The molecule has 1 atom stereocenters. The number of rotatable bonds is 4. The van der Waals surface area contributed by atoms with Gasteiger partial charge in [-0.2, -0.15) is 5.10 Å². The predicted molar refractivity (Wildman–Crippen MR) is 106 cm³/mol. The van der Waals surface area contributed by atoms with E-state index in [1.165, 1.54) is 12.1 Å². The van der Waals surface area contributed by atoms with Gasteiger partial charge in [-0.05, 0) is 27.1 Å². The quantitative estimate of drug-likeness (QED) is 0.455. The average molecular weight is 424 g/mol. The van der Waals surface area contributed by atoms with Crippen molar-refractivity contribution in [3.05, 3.63) is 92.7 Å². The van der Waals surface area contributed by atoms with Crippen LogP contribution in [-0.4, -0.2) is 20.6 Å². The number of non-ortho nitro benzene ring substituents is 1. The number of anilines is 1. The topological polar surface area (TPSA) is 84.5 Å². The number of hydrogen-bond donors (Lipinski definition) is 0. The fourth-order valence-corrected chi connectivity index (χ4v) is 3.21. The first kappa shape index (κ1) is 17.3. The summed E-state index contributed by atoms with van der Waals surface area (Å²) in [5, 5.41) is 17.5. The largest absolute Gasteiger partial charge is 0.269 e. The molecule has 8 heteroatoms. The van der Waals surface area contributed by atoms with Crippen LogP contribution < -0.4 is 5.01 Å². The first-order chi connectivity index (χ1) is 13.1. The number of hydrazone groups is 1. The van der Waals surface area contributed by atoms with Gasteiger partial charge in [0.05, 0.1) is 21.1 Å². The Morgan fingerprint density at radius 1 is 1.04 bits per heavy atom. The molecule has 0 bridgehead atoms. The van der Waals surface area contributed by atoms with Gasteiger partial charge < -0.3 is 0 Å². The third kappa shape index (κ3) is 3.56. The summed E-state index contributed by atoms with van der Waals surface area (Å²) in [6, 6.07) is 16.3. The van der Waals surface area contributed by atoms with Crippen LogP contribution in [0.5, 0.6) is 0 Å². The molecule has 0 aliphatic carbocycles. The van der Waals surface area contributed by atoms with E-state index in [0.29, 0.717) is 12.4 Å². The number of nitro benzene ring substituents is 1. The molecule has 0 fully saturated rings. The van der Waals surface area contributed by atoms with Crippen LogP contribution in [0.25, 0.3) is 0 Å². The van der Waals surface area contributed by atoms with Crippen molar-refractivity contribution in [1.29, 1.82) is 0 Å². The summed E-state index contributed by atoms with van der Waals surface area (Å²) in [7, 11) is 0. The highest BCUT2D eigenvalue weighted by atomic mass is 79.9. The summed E-state index contributed by atoms with van der Waals surface area (Å²) in [4.78, 5) is 19.3. The molecule has 4 rings (SSSR count). The lowest BCUT2D eigenvalue weighted by atomic mass is 9.98. The molecule has 0 saturated heterocycles. The standard InChI is InChI=1S/C19H14BrN5O2/c20-15-11-21-19(22-12-15)24-18(14-6-8-16(9-7-14)25(26)27)10-17(23-24)13-4-2-1-3-5-13/h1-9,11-12,18H,10H2. The van der Waals surface area contributed by atoms with E-state index < -0.39 is 4.92 Å². The van der Waals surface area contributed by atoms with Gasteiger partial charge in [0, 0.05) is 30.9 Å². The highest BCUT2D eigenvalue weighted by molar-refractivity contribution is 9.10. The van der Waals surface area contributed by atoms with E-state index in [-0.39, 0.29) is 11.7 Å². The first-order valence-corrected chi connectivity index (χ1v) is 9.05. The summed E-state index contributed by atoms with van der Waals surface area (Å²) in [5.74, 6) is 0.479. The molecule has 0 amide bonds. The van der Waals surface area contributed by atoms with E-state index in [4.69, 9.17) is 5.10 Å². The Morgan fingerprint density at radius 3 is 2.33 bits per heavy atom. The minimum Gasteiger partial charge on any atom is -0.258 e. The Balaban J connectivity index is 1.72. The van der Waals surface area contributed by atoms with Crippen molar-refractivity contribution in [3.63, 3.8) is 0 Å². The van der Waals surface area contributed by atoms with E-state index in [1.807, 2.05) is 30.3 Å². The maximum Gasteiger partial charge on any atom is 0.269 e. The number of benzene rings is 2. The zero-order chi connectivity index (χ0) is 18.8. The van der Waals surface area contributed by atoms with Crippen LogP contribution in [0.15, 0.2) is 76.6 Å². The van der Waals surface area contributed by atoms with Crippen molar-refractivity contribution in [3.8, 4) is 0 Å². The maximum atomic E-state index is 10.9. The third-order valence-electron chi connectivity index (χ3n) is 4.32. The van der Waals surface area contributed by atoms with E-state index in [2.05, 4.69) is 25.9 Å². The molecule has 0 N–H and O–H groups in total. The molecule has 0 radical (unpaired) electrons. The molecular formula is C19H14BrN5O2. The average Bonchev–Trinajstić information content (AvgIpc) is 3.15. The fraction of sp³-hybridized carbons (Fsp3) is 0.105. The minimum atomic E-state index is -0.403. The zero-order valence-corrected chi connectivity index (χ0v) is 15.7. The molecule has 1 aromatic heterocycles. The Kier molecular flexibility index (Phi) is 4.64. The molecule has 1 aliphatic rings. The van der Waals surface area contributed by atoms with Crippen molar-refractivity contribution in [2.45, 2.75) is 12.5 Å². The van der Waals surface area contributed by atoms with Crippen LogP contribution in [-0.2, 0) is 0 Å². The Bertz CT molecular complexity index is 991. The summed E-state index contributed by atoms with van der Waals surface area (Å²) < 4.78 is 0.782. The summed E-state index contributed by atoms with van der Waals surface area (Å²) in [6.45, 7) is 0. The minimum absolute atomic E-state index is 0.0624. The van der Waals surface area contributed by atoms with Gasteiger partial charge in [-0.15, -0.1) is 0 Å². The van der Waals surface area contributed by atoms with Crippen LogP contribution in [0, 0.1) is 10.1 Å². The van der Waals surface area contributed by atoms with Crippen molar-refractivity contribution in [2.75, 3.05) is 5.01 Å². The SMILES string of the molecule is O=[N+]([O-])c1ccc(C2CC(c3ccccc3)=NN2c2ncc(Br)cn2)cc1. The Morgan fingerprint density at radius 2 is 1.70 bits per heavy atom. The first-order valence-electron chi connectivity index (χ1n) is 8.26. The Labute approximate surface area is 163 Å². The molecule has 1 aliphatic heterocycles. The lowest BCUT2D eigenvalue weighted by Gasteiger charge is -2.21. The van der Waals surface area contributed by atoms with Gasteiger partial charge in [-0.1, -0.05) is 42.5 Å². The van der Waals surface area contributed by atoms with Crippen molar-refractivity contribution in [1.82, 2.24) is 9.97 Å². The third-order valence-corrected chi connectivity index (χ3v) is 4.73. The summed E-state index contributed by atoms with van der Waals surface area (Å²) >= 11 is 3.34. The molecule has 0 saturated carbocycles. The fourth-order valence-electron chi connectivity index (χ4n) is 3.00. The van der Waals surface area contributed by atoms with E-state index in [1.54, 1.807) is 29.5 Å². The smallest absolute Gasteiger partial charge is 0.258 e. The van der Waals surface area contributed by atoms with Crippen LogP contribution in [0.4, 0.5) is 11.6 Å². The van der Waals surface area contributed by atoms with Gasteiger partial charge in [0.15, 0.2) is 0 Å². The van der Waals surface area contributed by atoms with Crippen molar-refractivity contribution in [2.24, 2.45) is 5.10 Å². The summed E-state index contributed by atoms with van der Waals surface area (Å²) in [5.41, 5.74) is 2.93.